The van der Waals surface area contributed by atoms with E-state index in [-0.39, 0.29) is 12.2 Å². The van der Waals surface area contributed by atoms with Crippen LogP contribution in [0.25, 0.3) is 0 Å². The summed E-state index contributed by atoms with van der Waals surface area (Å²) in [4.78, 5) is 24.6. The number of benzene rings is 3. The maximum atomic E-state index is 12.4. The molecule has 3 aromatic carbocycles. The summed E-state index contributed by atoms with van der Waals surface area (Å²) in [5, 5.41) is 20.3. The Kier molecular flexibility index (Phi) is 11.7. The zero-order chi connectivity index (χ0) is 32.5. The number of rotatable bonds is 13. The number of aliphatic hydroxyl groups excluding tert-OH is 1. The Labute approximate surface area is 274 Å². The number of nitrogens with one attached hydrogen (secondary N) is 3. The number of aryl methyl sites for hydroxylation is 1. The highest BCUT2D eigenvalue weighted by molar-refractivity contribution is 9.10. The lowest BCUT2D eigenvalue weighted by Gasteiger charge is -2.28. The van der Waals surface area contributed by atoms with Crippen LogP contribution in [-0.4, -0.2) is 49.9 Å². The Balaban J connectivity index is 1.37. The minimum atomic E-state index is -1.16. The van der Waals surface area contributed by atoms with Crippen LogP contribution in [0.5, 0.6) is 17.2 Å². The van der Waals surface area contributed by atoms with Gasteiger partial charge in [0, 0.05) is 5.70 Å². The van der Waals surface area contributed by atoms with Gasteiger partial charge in [-0.2, -0.15) is 5.10 Å². The molecular weight excluding hydrogens is 668 g/mol. The van der Waals surface area contributed by atoms with Crippen LogP contribution in [0.15, 0.2) is 75.4 Å². The van der Waals surface area contributed by atoms with Gasteiger partial charge in [-0.05, 0) is 77.7 Å². The lowest BCUT2D eigenvalue weighted by atomic mass is 9.95. The predicted molar refractivity (Wildman–Crippen MR) is 174 cm³/mol. The quantitative estimate of drug-likeness (QED) is 0.0792. The molecule has 0 saturated heterocycles. The summed E-state index contributed by atoms with van der Waals surface area (Å²) in [6, 6.07) is 15.3. The zero-order valence-corrected chi connectivity index (χ0v) is 27.5. The van der Waals surface area contributed by atoms with Crippen LogP contribution < -0.4 is 30.3 Å². The fourth-order valence-electron chi connectivity index (χ4n) is 4.45. The van der Waals surface area contributed by atoms with Crippen molar-refractivity contribution < 1.29 is 33.6 Å². The summed E-state index contributed by atoms with van der Waals surface area (Å²) in [5.74, 6) is 0.657. The summed E-state index contributed by atoms with van der Waals surface area (Å²) in [6.45, 7) is 6.00. The first-order valence-electron chi connectivity index (χ1n) is 14.0. The number of halogens is 2. The van der Waals surface area contributed by atoms with Gasteiger partial charge in [0.25, 0.3) is 0 Å². The van der Waals surface area contributed by atoms with Gasteiger partial charge in [-0.25, -0.2) is 9.59 Å². The molecule has 1 aliphatic rings. The zero-order valence-electron chi connectivity index (χ0n) is 25.1. The smallest absolute Gasteiger partial charge is 0.337 e. The number of amides is 2. The summed E-state index contributed by atoms with van der Waals surface area (Å²) in [5.41, 5.74) is 6.72. The van der Waals surface area contributed by atoms with E-state index < -0.39 is 24.3 Å². The van der Waals surface area contributed by atoms with Crippen LogP contribution in [0, 0.1) is 6.92 Å². The Hall–Kier alpha value is -4.26. The number of aliphatic hydroxyl groups is 1. The van der Waals surface area contributed by atoms with Crippen molar-refractivity contribution in [3.8, 4) is 17.2 Å². The number of methoxy groups -OCH3 is 1. The minimum Gasteiger partial charge on any atom is -0.490 e. The number of urea groups is 1. The lowest BCUT2D eigenvalue weighted by Crippen LogP contribution is -2.45. The molecule has 13 heteroatoms. The van der Waals surface area contributed by atoms with E-state index in [9.17, 15) is 14.7 Å². The van der Waals surface area contributed by atoms with Crippen molar-refractivity contribution in [1.29, 1.82) is 0 Å². The van der Waals surface area contributed by atoms with E-state index in [2.05, 4.69) is 37.1 Å². The van der Waals surface area contributed by atoms with E-state index in [1.807, 2.05) is 38.1 Å². The van der Waals surface area contributed by atoms with E-state index in [0.29, 0.717) is 56.8 Å². The fourth-order valence-corrected chi connectivity index (χ4v) is 5.44. The molecule has 0 unspecified atom stereocenters. The highest BCUT2D eigenvalue weighted by Crippen LogP contribution is 2.36. The molecule has 0 spiro atoms. The Morgan fingerprint density at radius 3 is 2.56 bits per heavy atom. The average molecular weight is 702 g/mol. The molecule has 4 N–H and O–H groups in total. The number of carbonyl (C=O) groups excluding carboxylic acids is 2. The van der Waals surface area contributed by atoms with Gasteiger partial charge >= 0.3 is 12.0 Å². The predicted octanol–water partition coefficient (Wildman–Crippen LogP) is 5.51. The molecule has 0 saturated carbocycles. The first-order valence-corrected chi connectivity index (χ1v) is 15.2. The number of hydrazone groups is 1. The average Bonchev–Trinajstić information content (AvgIpc) is 3.00. The molecule has 0 aliphatic carbocycles. The van der Waals surface area contributed by atoms with Crippen molar-refractivity contribution in [2.45, 2.75) is 39.6 Å². The molecule has 11 nitrogen and oxygen atoms in total. The third kappa shape index (κ3) is 8.90. The first-order chi connectivity index (χ1) is 21.6. The van der Waals surface area contributed by atoms with Gasteiger partial charge in [-0.3, -0.25) is 5.43 Å². The van der Waals surface area contributed by atoms with Gasteiger partial charge in [0.15, 0.2) is 23.5 Å². The summed E-state index contributed by atoms with van der Waals surface area (Å²) < 4.78 is 23.0. The number of hydrogen-bond acceptors (Lipinski definition) is 9. The van der Waals surface area contributed by atoms with Crippen molar-refractivity contribution in [1.82, 2.24) is 16.1 Å². The van der Waals surface area contributed by atoms with Crippen LogP contribution in [0.1, 0.15) is 42.1 Å². The molecule has 4 rings (SSSR count). The normalized spacial score (nSPS) is 15.3. The minimum absolute atomic E-state index is 0.163. The number of ether oxygens (including phenoxy) is 4. The van der Waals surface area contributed by atoms with Gasteiger partial charge in [0.05, 0.1) is 41.0 Å². The Morgan fingerprint density at radius 1 is 1.11 bits per heavy atom. The third-order valence-electron chi connectivity index (χ3n) is 6.63. The molecule has 0 bridgehead atoms. The van der Waals surface area contributed by atoms with Gasteiger partial charge in [-0.15, -0.1) is 0 Å². The first kappa shape index (κ1) is 33.6. The molecular formula is C32H34BrClN4O7. The summed E-state index contributed by atoms with van der Waals surface area (Å²) in [7, 11) is 1.27. The van der Waals surface area contributed by atoms with Crippen molar-refractivity contribution in [3.05, 3.63) is 97.6 Å². The molecule has 0 fully saturated rings. The Bertz CT molecular complexity index is 1570. The second kappa shape index (κ2) is 15.6. The highest BCUT2D eigenvalue weighted by atomic mass is 79.9. The summed E-state index contributed by atoms with van der Waals surface area (Å²) >= 11 is 9.97. The van der Waals surface area contributed by atoms with Crippen LogP contribution in [0.4, 0.5) is 4.79 Å². The SMILES string of the molecule is CCOc1cc([C@H]2NC(=O)NC(C)=C2C(=O)OC)ccc1OC[C@@H](O)N/N=C\c1cc(Cl)c(OCc2ccc(C)cc2)c(Br)c1. The van der Waals surface area contributed by atoms with E-state index in [4.69, 9.17) is 30.5 Å². The number of nitrogens with zero attached hydrogens (tertiary/aromatic N) is 1. The lowest BCUT2D eigenvalue weighted by molar-refractivity contribution is -0.136. The molecule has 0 aromatic heterocycles. The summed E-state index contributed by atoms with van der Waals surface area (Å²) in [6.07, 6.45) is 0.345. The molecule has 2 atom stereocenters. The van der Waals surface area contributed by atoms with Crippen LogP contribution >= 0.6 is 27.5 Å². The van der Waals surface area contributed by atoms with E-state index >= 15 is 0 Å². The van der Waals surface area contributed by atoms with E-state index in [0.717, 1.165) is 5.56 Å². The van der Waals surface area contributed by atoms with Crippen molar-refractivity contribution in [2.75, 3.05) is 20.3 Å². The molecule has 238 valence electrons. The van der Waals surface area contributed by atoms with Crippen LogP contribution in [0.3, 0.4) is 0 Å². The van der Waals surface area contributed by atoms with Gasteiger partial charge in [0.1, 0.15) is 13.2 Å². The van der Waals surface area contributed by atoms with Gasteiger partial charge in [0.2, 0.25) is 0 Å². The molecule has 45 heavy (non-hydrogen) atoms. The van der Waals surface area contributed by atoms with Crippen LogP contribution in [0.2, 0.25) is 5.02 Å². The second-order valence-electron chi connectivity index (χ2n) is 10.0. The third-order valence-corrected chi connectivity index (χ3v) is 7.50. The van der Waals surface area contributed by atoms with E-state index in [1.165, 1.54) is 18.9 Å². The maximum absolute atomic E-state index is 12.4. The molecule has 2 amide bonds. The Morgan fingerprint density at radius 2 is 1.87 bits per heavy atom. The van der Waals surface area contributed by atoms with Crippen LogP contribution in [-0.2, 0) is 16.1 Å². The second-order valence-corrected chi connectivity index (χ2v) is 11.3. The maximum Gasteiger partial charge on any atom is 0.337 e. The van der Waals surface area contributed by atoms with E-state index in [1.54, 1.807) is 37.3 Å². The molecule has 3 aromatic rings. The fraction of sp³-hybridized carbons (Fsp3) is 0.281. The number of carbonyl (C=O) groups is 2. The van der Waals surface area contributed by atoms with Gasteiger partial charge in [-0.1, -0.05) is 47.5 Å². The van der Waals surface area contributed by atoms with Crippen molar-refractivity contribution >= 4 is 45.7 Å². The molecule has 0 radical (unpaired) electrons. The monoisotopic (exact) mass is 700 g/mol. The van der Waals surface area contributed by atoms with Crippen molar-refractivity contribution in [3.63, 3.8) is 0 Å². The number of hydrogen-bond donors (Lipinski definition) is 4. The van der Waals surface area contributed by atoms with Crippen molar-refractivity contribution in [2.24, 2.45) is 5.10 Å². The standard InChI is InChI=1S/C32H34BrClN4O7/c1-5-43-26-14-22(29-28(31(40)42-4)19(3)36-32(41)37-29)10-11-25(26)44-17-27(39)38-35-15-21-12-23(33)30(24(34)13-21)45-16-20-8-6-18(2)7-9-20/h6-15,27,29,38-39H,5,16-17H2,1-4H3,(H2,36,37,41)/b35-15-/t27-,29-/m1/s1. The number of esters is 1. The molecule has 1 aliphatic heterocycles. The topological polar surface area (TPSA) is 140 Å². The largest absolute Gasteiger partial charge is 0.490 e. The highest BCUT2D eigenvalue weighted by Gasteiger charge is 2.32. The molecule has 1 heterocycles. The number of allylic oxidation sites excluding steroid dienone is 1. The van der Waals surface area contributed by atoms with Gasteiger partial charge < -0.3 is 34.7 Å².